The molecule has 1 aromatic heterocycles. The van der Waals surface area contributed by atoms with Gasteiger partial charge in [0.1, 0.15) is 0 Å². The third kappa shape index (κ3) is 3.01. The van der Waals surface area contributed by atoms with Crippen molar-refractivity contribution in [2.75, 3.05) is 4.90 Å². The minimum Gasteiger partial charge on any atom is -0.378 e. The zero-order valence-electron chi connectivity index (χ0n) is 30.6. The molecule has 0 saturated heterocycles. The Morgan fingerprint density at radius 2 is 1.07 bits per heavy atom. The molecule has 0 amide bonds. The van der Waals surface area contributed by atoms with Gasteiger partial charge in [-0.3, -0.25) is 0 Å². The average molecular weight is 697 g/mol. The molecule has 0 atom stereocenters. The number of hydrogen-bond donors (Lipinski definition) is 0. The summed E-state index contributed by atoms with van der Waals surface area (Å²) in [5, 5.41) is 3.96. The maximum atomic E-state index is 2.80. The molecule has 55 heavy (non-hydrogen) atoms. The fraction of sp³-hybridized carbons (Fsp3) is 0.0769. The smallest absolute Gasteiger partial charge is 0.332 e. The van der Waals surface area contributed by atoms with E-state index in [1.54, 1.807) is 0 Å². The summed E-state index contributed by atoms with van der Waals surface area (Å²) < 4.78 is 2.80. The van der Waals surface area contributed by atoms with Crippen LogP contribution in [-0.2, 0) is 10.8 Å². The Bertz CT molecular complexity index is 3230. The fourth-order valence-electron chi connectivity index (χ4n) is 12.3. The molecule has 3 heteroatoms. The highest BCUT2D eigenvalue weighted by Crippen LogP contribution is 2.64. The zero-order valence-corrected chi connectivity index (χ0v) is 30.6. The van der Waals surface area contributed by atoms with E-state index in [1.807, 2.05) is 0 Å². The summed E-state index contributed by atoms with van der Waals surface area (Å²) in [5.74, 6) is 0. The third-order valence-corrected chi connectivity index (χ3v) is 14.1. The van der Waals surface area contributed by atoms with Gasteiger partial charge in [0, 0.05) is 44.5 Å². The Kier molecular flexibility index (Phi) is 4.92. The second-order valence-corrected chi connectivity index (χ2v) is 16.7. The molecule has 0 bridgehead atoms. The fourth-order valence-corrected chi connectivity index (χ4v) is 12.3. The third-order valence-electron chi connectivity index (χ3n) is 14.1. The number of aromatic nitrogens is 1. The van der Waals surface area contributed by atoms with Crippen LogP contribution >= 0.6 is 0 Å². The molecule has 4 heterocycles. The SMILES string of the molecule is CC1(C)c2ccccc2-c2c1n1c3c(cccc23)-c2c3c(cc4ccccc24)N2c4ccccc4C4(c5ccccc5-c5ccccc54)c4cccc(c42)B31. The molecular weight excluding hydrogens is 663 g/mol. The van der Waals surface area contributed by atoms with Crippen LogP contribution in [-0.4, -0.2) is 11.3 Å². The highest BCUT2D eigenvalue weighted by molar-refractivity contribution is 6.90. The molecule has 0 unspecified atom stereocenters. The number of benzene rings is 8. The van der Waals surface area contributed by atoms with Crippen LogP contribution in [0.1, 0.15) is 47.4 Å². The maximum Gasteiger partial charge on any atom is 0.332 e. The summed E-state index contributed by atoms with van der Waals surface area (Å²) in [4.78, 5) is 2.66. The lowest BCUT2D eigenvalue weighted by Gasteiger charge is -2.50. The standard InChI is InChI=1S/C52H33BN2/c1-51(2)37-22-8-7-19-34(37)46-36-21-13-20-35-45-31-16-4-3-15-30(31)29-44-47(45)53(55(48(35)36)50(46)51)42-27-14-26-41-49(42)54(44)43-28-12-11-25-40(43)52(41)38-23-9-5-17-32(38)33-18-6-10-24-39(33)52/h3-29H,1-2H3. The van der Waals surface area contributed by atoms with Gasteiger partial charge < -0.3 is 9.38 Å². The van der Waals surface area contributed by atoms with Gasteiger partial charge in [-0.15, -0.1) is 0 Å². The first-order valence-corrected chi connectivity index (χ1v) is 19.7. The van der Waals surface area contributed by atoms with Gasteiger partial charge in [0.15, 0.2) is 0 Å². The van der Waals surface area contributed by atoms with Crippen LogP contribution in [0.3, 0.4) is 0 Å². The Morgan fingerprint density at radius 3 is 1.87 bits per heavy atom. The van der Waals surface area contributed by atoms with Crippen LogP contribution in [0, 0.1) is 0 Å². The van der Waals surface area contributed by atoms with Crippen LogP contribution in [0.2, 0.25) is 0 Å². The molecule has 0 N–H and O–H groups in total. The normalized spacial score (nSPS) is 16.0. The number of para-hydroxylation sites is 3. The lowest BCUT2D eigenvalue weighted by Crippen LogP contribution is -2.59. The van der Waals surface area contributed by atoms with E-state index in [4.69, 9.17) is 0 Å². The Hall–Kier alpha value is -6.58. The van der Waals surface area contributed by atoms with Gasteiger partial charge in [-0.2, -0.15) is 0 Å². The lowest BCUT2D eigenvalue weighted by molar-refractivity contribution is 0.632. The summed E-state index contributed by atoms with van der Waals surface area (Å²) >= 11 is 0. The van der Waals surface area contributed by atoms with Crippen molar-refractivity contribution >= 4 is 56.5 Å². The second-order valence-electron chi connectivity index (χ2n) is 16.7. The van der Waals surface area contributed by atoms with Gasteiger partial charge in [0.05, 0.1) is 11.1 Å². The molecule has 9 aromatic rings. The highest BCUT2D eigenvalue weighted by Gasteiger charge is 2.56. The summed E-state index contributed by atoms with van der Waals surface area (Å²) in [6.07, 6.45) is 0. The zero-order chi connectivity index (χ0) is 35.9. The maximum absolute atomic E-state index is 2.80. The van der Waals surface area contributed by atoms with Crippen LogP contribution in [0.25, 0.3) is 55.1 Å². The quantitative estimate of drug-likeness (QED) is 0.143. The number of anilines is 3. The predicted octanol–water partition coefficient (Wildman–Crippen LogP) is 11.2. The minimum absolute atomic E-state index is 0.00949. The van der Waals surface area contributed by atoms with E-state index >= 15 is 0 Å². The molecule has 254 valence electrons. The summed E-state index contributed by atoms with van der Waals surface area (Å²) in [5.41, 5.74) is 23.8. The van der Waals surface area contributed by atoms with Crippen molar-refractivity contribution in [1.29, 1.82) is 0 Å². The average Bonchev–Trinajstić information content (AvgIpc) is 3.82. The molecule has 1 spiro atoms. The van der Waals surface area contributed by atoms with Gasteiger partial charge in [-0.25, -0.2) is 0 Å². The van der Waals surface area contributed by atoms with Crippen molar-refractivity contribution in [2.45, 2.75) is 24.7 Å². The van der Waals surface area contributed by atoms with Crippen molar-refractivity contribution in [1.82, 2.24) is 4.48 Å². The predicted molar refractivity (Wildman–Crippen MR) is 228 cm³/mol. The molecular formula is C52H33BN2. The molecule has 14 rings (SSSR count). The number of rotatable bonds is 0. The molecule has 8 aromatic carbocycles. The monoisotopic (exact) mass is 696 g/mol. The number of fused-ring (bicyclic) bond motifs is 20. The van der Waals surface area contributed by atoms with Gasteiger partial charge in [0.2, 0.25) is 0 Å². The van der Waals surface area contributed by atoms with E-state index in [-0.39, 0.29) is 12.3 Å². The van der Waals surface area contributed by atoms with E-state index < -0.39 is 5.41 Å². The van der Waals surface area contributed by atoms with Crippen molar-refractivity contribution < 1.29 is 0 Å². The minimum atomic E-state index is -0.459. The van der Waals surface area contributed by atoms with Crippen LogP contribution in [0.15, 0.2) is 164 Å². The molecule has 2 nitrogen and oxygen atoms in total. The summed E-state index contributed by atoms with van der Waals surface area (Å²) in [7, 11) is 0. The Balaban J connectivity index is 1.21. The van der Waals surface area contributed by atoms with Gasteiger partial charge >= 0.3 is 6.85 Å². The van der Waals surface area contributed by atoms with Crippen molar-refractivity contribution in [3.8, 4) is 33.4 Å². The van der Waals surface area contributed by atoms with E-state index in [0.717, 1.165) is 0 Å². The Labute approximate surface area is 320 Å². The van der Waals surface area contributed by atoms with Crippen LogP contribution < -0.4 is 15.8 Å². The number of hydrogen-bond acceptors (Lipinski definition) is 1. The molecule has 2 aliphatic carbocycles. The first-order valence-electron chi connectivity index (χ1n) is 19.7. The molecule has 5 aliphatic rings. The van der Waals surface area contributed by atoms with Gasteiger partial charge in [-0.1, -0.05) is 166 Å². The first-order chi connectivity index (χ1) is 27.1. The molecule has 0 fully saturated rings. The van der Waals surface area contributed by atoms with Gasteiger partial charge in [0.25, 0.3) is 0 Å². The van der Waals surface area contributed by atoms with E-state index in [1.165, 1.54) is 117 Å². The van der Waals surface area contributed by atoms with Gasteiger partial charge in [-0.05, 0) is 83.9 Å². The van der Waals surface area contributed by atoms with Crippen molar-refractivity contribution in [2.24, 2.45) is 0 Å². The first kappa shape index (κ1) is 28.9. The van der Waals surface area contributed by atoms with E-state index in [0.29, 0.717) is 0 Å². The largest absolute Gasteiger partial charge is 0.378 e. The topological polar surface area (TPSA) is 8.17 Å². The summed E-state index contributed by atoms with van der Waals surface area (Å²) in [6, 6.07) is 62.7. The Morgan fingerprint density at radius 1 is 0.473 bits per heavy atom. The molecule has 3 aliphatic heterocycles. The second kappa shape index (κ2) is 9.37. The van der Waals surface area contributed by atoms with Crippen molar-refractivity contribution in [3.05, 3.63) is 197 Å². The highest BCUT2D eigenvalue weighted by atomic mass is 15.2. The van der Waals surface area contributed by atoms with Crippen LogP contribution in [0.5, 0.6) is 0 Å². The molecule has 0 saturated carbocycles. The number of nitrogens with zero attached hydrogens (tertiary/aromatic N) is 2. The van der Waals surface area contributed by atoms with E-state index in [2.05, 4.69) is 187 Å². The van der Waals surface area contributed by atoms with E-state index in [9.17, 15) is 0 Å². The van der Waals surface area contributed by atoms with Crippen molar-refractivity contribution in [3.63, 3.8) is 0 Å². The summed E-state index contributed by atoms with van der Waals surface area (Å²) in [6.45, 7) is 4.89. The lowest BCUT2D eigenvalue weighted by atomic mass is 9.43. The van der Waals surface area contributed by atoms with Crippen LogP contribution in [0.4, 0.5) is 17.1 Å². The molecule has 0 radical (unpaired) electrons.